The van der Waals surface area contributed by atoms with Crippen molar-refractivity contribution >= 4 is 11.6 Å². The first-order valence-corrected chi connectivity index (χ1v) is 7.81. The highest BCUT2D eigenvalue weighted by Crippen LogP contribution is 2.42. The molecule has 2 N–H and O–H groups in total. The van der Waals surface area contributed by atoms with Crippen LogP contribution in [-0.2, 0) is 14.3 Å². The summed E-state index contributed by atoms with van der Waals surface area (Å²) in [4.78, 5) is 25.6. The van der Waals surface area contributed by atoms with E-state index in [9.17, 15) is 9.59 Å². The number of aliphatic hydroxyl groups excluding tert-OH is 1. The predicted octanol–water partition coefficient (Wildman–Crippen LogP) is 1.97. The quantitative estimate of drug-likeness (QED) is 0.427. The van der Waals surface area contributed by atoms with Crippen molar-refractivity contribution in [1.29, 1.82) is 0 Å². The number of methoxy groups -OCH3 is 1. The monoisotopic (exact) mass is 309 g/mol. The maximum Gasteiger partial charge on any atom is 0.211 e. The summed E-state index contributed by atoms with van der Waals surface area (Å²) in [6.45, 7) is 7.81. The number of aliphatic hydroxyl groups is 1. The molecule has 1 aliphatic rings. The largest absolute Gasteiger partial charge is 0.493 e. The Morgan fingerprint density at radius 1 is 1.32 bits per heavy atom. The van der Waals surface area contributed by atoms with Gasteiger partial charge in [0.05, 0.1) is 19.1 Å². The molecule has 1 unspecified atom stereocenters. The lowest BCUT2D eigenvalue weighted by atomic mass is 9.67. The maximum absolute atomic E-state index is 12.9. The highest BCUT2D eigenvalue weighted by Gasteiger charge is 2.49. The fourth-order valence-corrected chi connectivity index (χ4v) is 2.62. The van der Waals surface area contributed by atoms with E-state index in [4.69, 9.17) is 9.84 Å². The van der Waals surface area contributed by atoms with Gasteiger partial charge in [-0.2, -0.15) is 0 Å². The van der Waals surface area contributed by atoms with Gasteiger partial charge in [0.15, 0.2) is 11.5 Å². The van der Waals surface area contributed by atoms with Crippen LogP contribution in [0.5, 0.6) is 0 Å². The molecule has 0 saturated heterocycles. The molecule has 0 aromatic carbocycles. The summed E-state index contributed by atoms with van der Waals surface area (Å²) in [6, 6.07) is 0. The fourth-order valence-electron chi connectivity index (χ4n) is 2.62. The van der Waals surface area contributed by atoms with E-state index in [1.807, 2.05) is 20.8 Å². The van der Waals surface area contributed by atoms with E-state index in [0.29, 0.717) is 24.1 Å². The van der Waals surface area contributed by atoms with Crippen molar-refractivity contribution in [3.8, 4) is 0 Å². The van der Waals surface area contributed by atoms with Gasteiger partial charge in [-0.15, -0.1) is 0 Å². The molecule has 0 radical (unpaired) electrons. The van der Waals surface area contributed by atoms with Crippen LogP contribution in [0.4, 0.5) is 0 Å². The number of allylic oxidation sites excluding steroid dienone is 3. The van der Waals surface area contributed by atoms with Crippen molar-refractivity contribution in [3.05, 3.63) is 23.1 Å². The van der Waals surface area contributed by atoms with Crippen molar-refractivity contribution in [3.63, 3.8) is 0 Å². The van der Waals surface area contributed by atoms with Crippen LogP contribution < -0.4 is 5.32 Å². The number of hydrogen-bond acceptors (Lipinski definition) is 5. The van der Waals surface area contributed by atoms with Gasteiger partial charge in [0, 0.05) is 23.9 Å². The van der Waals surface area contributed by atoms with Gasteiger partial charge in [0.1, 0.15) is 0 Å². The van der Waals surface area contributed by atoms with Gasteiger partial charge in [0.25, 0.3) is 0 Å². The zero-order valence-electron chi connectivity index (χ0n) is 14.2. The van der Waals surface area contributed by atoms with E-state index in [1.165, 1.54) is 7.11 Å². The molecule has 1 rings (SSSR count). The van der Waals surface area contributed by atoms with E-state index in [0.717, 1.165) is 6.42 Å². The van der Waals surface area contributed by atoms with Crippen LogP contribution in [0.25, 0.3) is 0 Å². The average molecular weight is 309 g/mol. The van der Waals surface area contributed by atoms with Crippen molar-refractivity contribution in [2.75, 3.05) is 20.3 Å². The first kappa shape index (κ1) is 18.4. The Morgan fingerprint density at radius 2 is 1.95 bits per heavy atom. The molecular weight excluding hydrogens is 282 g/mol. The van der Waals surface area contributed by atoms with E-state index < -0.39 is 5.41 Å². The summed E-state index contributed by atoms with van der Waals surface area (Å²) in [5, 5.41) is 11.8. The number of hydrogen-bond donors (Lipinski definition) is 2. The van der Waals surface area contributed by atoms with Gasteiger partial charge in [-0.3, -0.25) is 9.59 Å². The number of ketones is 2. The second kappa shape index (κ2) is 7.58. The third kappa shape index (κ3) is 3.09. The van der Waals surface area contributed by atoms with Crippen LogP contribution in [0.15, 0.2) is 23.1 Å². The smallest absolute Gasteiger partial charge is 0.211 e. The molecule has 22 heavy (non-hydrogen) atoms. The normalized spacial score (nSPS) is 25.6. The standard InChI is InChI=1S/C17H27NO4/c1-6-11(3)13-12(10-18-8-9-19)15(20)17(4,7-2)16(21)14(13)22-5/h10-11,18-19H,6-9H2,1-5H3/b12-10-/t11?,17-/m1/s1. The minimum atomic E-state index is -1.09. The lowest BCUT2D eigenvalue weighted by Crippen LogP contribution is -2.44. The molecule has 0 aromatic heterocycles. The average Bonchev–Trinajstić information content (AvgIpc) is 2.53. The van der Waals surface area contributed by atoms with Gasteiger partial charge in [-0.1, -0.05) is 20.8 Å². The van der Waals surface area contributed by atoms with Crippen LogP contribution in [-0.4, -0.2) is 36.9 Å². The van der Waals surface area contributed by atoms with E-state index in [-0.39, 0.29) is 29.9 Å². The number of carbonyl (C=O) groups is 2. The Hall–Kier alpha value is -1.62. The third-order valence-electron chi connectivity index (χ3n) is 4.51. The Labute approximate surface area is 132 Å². The van der Waals surface area contributed by atoms with E-state index in [2.05, 4.69) is 5.32 Å². The van der Waals surface area contributed by atoms with Crippen molar-refractivity contribution in [2.45, 2.75) is 40.5 Å². The van der Waals surface area contributed by atoms with Crippen LogP contribution in [0.3, 0.4) is 0 Å². The molecule has 5 heteroatoms. The molecule has 0 bridgehead atoms. The highest BCUT2D eigenvalue weighted by molar-refractivity contribution is 6.24. The number of carbonyl (C=O) groups excluding carboxylic acids is 2. The SMILES string of the molecule is CCC(C)C1=C(OC)C(=O)[C@](C)(CC)C(=O)/C1=C\NCCO. The summed E-state index contributed by atoms with van der Waals surface area (Å²) in [7, 11) is 1.47. The molecule has 0 aromatic rings. The lowest BCUT2D eigenvalue weighted by molar-refractivity contribution is -0.138. The van der Waals surface area contributed by atoms with Crippen LogP contribution in [0.1, 0.15) is 40.5 Å². The summed E-state index contributed by atoms with van der Waals surface area (Å²) >= 11 is 0. The van der Waals surface area contributed by atoms with E-state index in [1.54, 1.807) is 13.1 Å². The molecular formula is C17H27NO4. The summed E-state index contributed by atoms with van der Waals surface area (Å²) in [5.41, 5.74) is 0.0645. The van der Waals surface area contributed by atoms with E-state index >= 15 is 0 Å². The van der Waals surface area contributed by atoms with Gasteiger partial charge >= 0.3 is 0 Å². The minimum Gasteiger partial charge on any atom is -0.493 e. The molecule has 5 nitrogen and oxygen atoms in total. The predicted molar refractivity (Wildman–Crippen MR) is 85.1 cm³/mol. The Balaban J connectivity index is 3.52. The Kier molecular flexibility index (Phi) is 6.35. The molecule has 0 aliphatic heterocycles. The second-order valence-corrected chi connectivity index (χ2v) is 5.84. The molecule has 2 atom stereocenters. The van der Waals surface area contributed by atoms with Crippen molar-refractivity contribution < 1.29 is 19.4 Å². The van der Waals surface area contributed by atoms with Gasteiger partial charge < -0.3 is 15.2 Å². The zero-order chi connectivity index (χ0) is 16.9. The van der Waals surface area contributed by atoms with Gasteiger partial charge in [0.2, 0.25) is 5.78 Å². The van der Waals surface area contributed by atoms with Crippen LogP contribution >= 0.6 is 0 Å². The van der Waals surface area contributed by atoms with Gasteiger partial charge in [-0.25, -0.2) is 0 Å². The van der Waals surface area contributed by atoms with Crippen LogP contribution in [0, 0.1) is 11.3 Å². The molecule has 1 aliphatic carbocycles. The van der Waals surface area contributed by atoms with Crippen molar-refractivity contribution in [1.82, 2.24) is 5.32 Å². The maximum atomic E-state index is 12.9. The lowest BCUT2D eigenvalue weighted by Gasteiger charge is -2.35. The summed E-state index contributed by atoms with van der Waals surface area (Å²) in [6.07, 6.45) is 2.82. The topological polar surface area (TPSA) is 75.6 Å². The molecule has 0 amide bonds. The fraction of sp³-hybridized carbons (Fsp3) is 0.647. The number of nitrogens with one attached hydrogen (secondary N) is 1. The number of rotatable bonds is 7. The van der Waals surface area contributed by atoms with Gasteiger partial charge in [-0.05, 0) is 25.7 Å². The number of ether oxygens (including phenoxy) is 1. The molecule has 0 saturated carbocycles. The number of Topliss-reactive ketones (excluding diaryl/α,β-unsaturated/α-hetero) is 2. The third-order valence-corrected chi connectivity index (χ3v) is 4.51. The molecule has 124 valence electrons. The molecule has 0 heterocycles. The Bertz CT molecular complexity index is 507. The highest BCUT2D eigenvalue weighted by atomic mass is 16.5. The van der Waals surface area contributed by atoms with Crippen molar-refractivity contribution in [2.24, 2.45) is 11.3 Å². The first-order valence-electron chi connectivity index (χ1n) is 7.81. The molecule has 0 spiro atoms. The summed E-state index contributed by atoms with van der Waals surface area (Å²) < 4.78 is 5.38. The first-order chi connectivity index (χ1) is 10.4. The Morgan fingerprint density at radius 3 is 2.41 bits per heavy atom. The molecule has 0 fully saturated rings. The van der Waals surface area contributed by atoms with Crippen LogP contribution in [0.2, 0.25) is 0 Å². The minimum absolute atomic E-state index is 0.0263. The second-order valence-electron chi connectivity index (χ2n) is 5.84. The summed E-state index contributed by atoms with van der Waals surface area (Å²) in [5.74, 6) is -0.0968. The zero-order valence-corrected chi connectivity index (χ0v) is 14.2.